The smallest absolute Gasteiger partial charge is 0.264 e. The van der Waals surface area contributed by atoms with Gasteiger partial charge in [-0.15, -0.1) is 0 Å². The number of aryl methyl sites for hydroxylation is 3. The normalized spacial score (nSPS) is 17.8. The molecule has 0 spiro atoms. The molecule has 5 nitrogen and oxygen atoms in total. The molecular weight excluding hydrogens is 382 g/mol. The largest absolute Gasteiger partial charge is 0.354 e. The van der Waals surface area contributed by atoms with Crippen molar-refractivity contribution in [3.8, 4) is 6.07 Å². The highest BCUT2D eigenvalue weighted by Gasteiger charge is 2.40. The lowest BCUT2D eigenvalue weighted by molar-refractivity contribution is -0.117. The third kappa shape index (κ3) is 4.20. The van der Waals surface area contributed by atoms with E-state index in [0.717, 1.165) is 11.1 Å². The zero-order valence-corrected chi connectivity index (χ0v) is 17.8. The van der Waals surface area contributed by atoms with Crippen molar-refractivity contribution in [1.82, 2.24) is 5.32 Å². The van der Waals surface area contributed by atoms with Crippen molar-refractivity contribution in [1.29, 1.82) is 5.26 Å². The van der Waals surface area contributed by atoms with E-state index < -0.39 is 11.2 Å². The number of hydrogen-bond donors (Lipinski definition) is 1. The van der Waals surface area contributed by atoms with Crippen LogP contribution in [0.5, 0.6) is 0 Å². The number of thioether (sulfide) groups is 1. The molecule has 0 aliphatic carbocycles. The van der Waals surface area contributed by atoms with E-state index >= 15 is 0 Å². The van der Waals surface area contributed by atoms with Crippen LogP contribution in [-0.4, -0.2) is 24.1 Å². The van der Waals surface area contributed by atoms with E-state index in [-0.39, 0.29) is 11.5 Å². The summed E-state index contributed by atoms with van der Waals surface area (Å²) in [5.74, 6) is -0.615. The highest BCUT2D eigenvalue weighted by Crippen LogP contribution is 2.42. The van der Waals surface area contributed by atoms with Crippen molar-refractivity contribution in [2.75, 3.05) is 11.9 Å². The van der Waals surface area contributed by atoms with Crippen LogP contribution in [0, 0.1) is 32.1 Å². The summed E-state index contributed by atoms with van der Waals surface area (Å²) >= 11 is 1.28. The number of nitriles is 1. The Balaban J connectivity index is 2.03. The van der Waals surface area contributed by atoms with Crippen molar-refractivity contribution < 1.29 is 9.59 Å². The minimum Gasteiger partial charge on any atom is -0.354 e. The van der Waals surface area contributed by atoms with Gasteiger partial charge in [-0.1, -0.05) is 47.7 Å². The van der Waals surface area contributed by atoms with Crippen molar-refractivity contribution in [3.05, 3.63) is 75.3 Å². The second kappa shape index (κ2) is 8.54. The lowest BCUT2D eigenvalue weighted by Gasteiger charge is -2.18. The number of nitrogens with one attached hydrogen (secondary N) is 1. The number of anilines is 1. The Labute approximate surface area is 175 Å². The third-order valence-corrected chi connectivity index (χ3v) is 6.28. The first-order chi connectivity index (χ1) is 13.8. The number of nitrogens with zero attached hydrogens (tertiary/aromatic N) is 2. The predicted octanol–water partition coefficient (Wildman–Crippen LogP) is 3.78. The fraction of sp³-hybridized carbons (Fsp3) is 0.261. The summed E-state index contributed by atoms with van der Waals surface area (Å²) in [5, 5.41) is 12.1. The maximum atomic E-state index is 13.3. The second-order valence-corrected chi connectivity index (χ2v) is 8.30. The van der Waals surface area contributed by atoms with Gasteiger partial charge in [0.2, 0.25) is 5.91 Å². The molecule has 1 atom stereocenters. The Bertz CT molecular complexity index is 1040. The lowest BCUT2D eigenvalue weighted by atomic mass is 10.0. The van der Waals surface area contributed by atoms with Crippen molar-refractivity contribution in [2.24, 2.45) is 0 Å². The summed E-state index contributed by atoms with van der Waals surface area (Å²) in [6.07, 6.45) is 0.531. The molecule has 2 aromatic carbocycles. The van der Waals surface area contributed by atoms with Gasteiger partial charge in [0, 0.05) is 12.7 Å². The number of carbonyl (C=O) groups excluding carboxylic acids is 2. The molecule has 1 fully saturated rings. The van der Waals surface area contributed by atoms with Crippen LogP contribution in [0.3, 0.4) is 0 Å². The van der Waals surface area contributed by atoms with Crippen molar-refractivity contribution in [3.63, 3.8) is 0 Å². The summed E-state index contributed by atoms with van der Waals surface area (Å²) in [7, 11) is 1.48. The van der Waals surface area contributed by atoms with Gasteiger partial charge in [0.05, 0.1) is 5.25 Å². The summed E-state index contributed by atoms with van der Waals surface area (Å²) in [5.41, 5.74) is 5.11. The molecule has 148 valence electrons. The quantitative estimate of drug-likeness (QED) is 0.621. The van der Waals surface area contributed by atoms with Crippen molar-refractivity contribution >= 4 is 29.3 Å². The average Bonchev–Trinajstić information content (AvgIpc) is 3.01. The van der Waals surface area contributed by atoms with Gasteiger partial charge < -0.3 is 5.32 Å². The predicted molar refractivity (Wildman–Crippen MR) is 116 cm³/mol. The van der Waals surface area contributed by atoms with E-state index in [9.17, 15) is 14.9 Å². The van der Waals surface area contributed by atoms with Crippen LogP contribution in [0.2, 0.25) is 0 Å². The first-order valence-electron chi connectivity index (χ1n) is 9.35. The Kier molecular flexibility index (Phi) is 6.09. The van der Waals surface area contributed by atoms with E-state index in [2.05, 4.69) is 24.4 Å². The van der Waals surface area contributed by atoms with Crippen LogP contribution in [0.1, 0.15) is 22.3 Å². The zero-order valence-electron chi connectivity index (χ0n) is 16.9. The molecule has 2 aromatic rings. The van der Waals surface area contributed by atoms with Crippen LogP contribution in [0.4, 0.5) is 5.69 Å². The SMILES string of the molecule is CNC(=O)C(C#N)=C1SC(Cc2ccc(C)c(C)c2)C(=O)N1c1ccc(C)cc1. The zero-order chi connectivity index (χ0) is 21.1. The van der Waals surface area contributed by atoms with Gasteiger partial charge in [0.15, 0.2) is 0 Å². The maximum absolute atomic E-state index is 13.3. The first-order valence-corrected chi connectivity index (χ1v) is 10.2. The molecule has 2 amide bonds. The molecule has 1 saturated heterocycles. The van der Waals surface area contributed by atoms with Crippen LogP contribution < -0.4 is 10.2 Å². The van der Waals surface area contributed by atoms with Gasteiger partial charge in [-0.25, -0.2) is 0 Å². The minimum absolute atomic E-state index is 0.0472. The Hall–Kier alpha value is -3.04. The molecule has 3 rings (SSSR count). The average molecular weight is 406 g/mol. The van der Waals surface area contributed by atoms with Gasteiger partial charge in [-0.05, 0) is 56.0 Å². The maximum Gasteiger partial charge on any atom is 0.264 e. The van der Waals surface area contributed by atoms with E-state index in [0.29, 0.717) is 17.1 Å². The molecule has 6 heteroatoms. The molecular formula is C23H23N3O2S. The first kappa shape index (κ1) is 20.7. The molecule has 1 unspecified atom stereocenters. The minimum atomic E-state index is -0.494. The number of rotatable bonds is 4. The standard InChI is InChI=1S/C23H23N3O2S/c1-14-5-9-18(10-6-14)26-22(28)20(12-17-8-7-15(2)16(3)11-17)29-23(26)19(13-24)21(27)25-4/h5-11,20H,12H2,1-4H3,(H,25,27). The molecule has 1 heterocycles. The lowest BCUT2D eigenvalue weighted by Crippen LogP contribution is -2.31. The van der Waals surface area contributed by atoms with E-state index in [1.54, 1.807) is 0 Å². The van der Waals surface area contributed by atoms with E-state index in [4.69, 9.17) is 0 Å². The van der Waals surface area contributed by atoms with Gasteiger partial charge in [0.25, 0.3) is 5.91 Å². The van der Waals surface area contributed by atoms with Crippen LogP contribution in [-0.2, 0) is 16.0 Å². The van der Waals surface area contributed by atoms with Crippen molar-refractivity contribution in [2.45, 2.75) is 32.4 Å². The summed E-state index contributed by atoms with van der Waals surface area (Å²) < 4.78 is 0. The number of benzene rings is 2. The summed E-state index contributed by atoms with van der Waals surface area (Å²) in [6, 6.07) is 15.6. The molecule has 1 N–H and O–H groups in total. The molecule has 0 radical (unpaired) electrons. The summed E-state index contributed by atoms with van der Waals surface area (Å²) in [6.45, 7) is 6.07. The molecule has 1 aliphatic rings. The number of hydrogen-bond acceptors (Lipinski definition) is 4. The molecule has 1 aliphatic heterocycles. The van der Waals surface area contributed by atoms with E-state index in [1.165, 1.54) is 34.8 Å². The number of carbonyl (C=O) groups is 2. The number of amides is 2. The number of likely N-dealkylation sites (N-methyl/N-ethyl adjacent to an activating group) is 1. The Morgan fingerprint density at radius 3 is 2.41 bits per heavy atom. The Morgan fingerprint density at radius 1 is 1.14 bits per heavy atom. The van der Waals surface area contributed by atoms with E-state index in [1.807, 2.05) is 50.2 Å². The highest BCUT2D eigenvalue weighted by molar-refractivity contribution is 8.05. The summed E-state index contributed by atoms with van der Waals surface area (Å²) in [4.78, 5) is 27.1. The molecule has 0 saturated carbocycles. The third-order valence-electron chi connectivity index (χ3n) is 5.02. The van der Waals surface area contributed by atoms with Crippen LogP contribution in [0.25, 0.3) is 0 Å². The van der Waals surface area contributed by atoms with Crippen LogP contribution >= 0.6 is 11.8 Å². The molecule has 0 bridgehead atoms. The van der Waals surface area contributed by atoms with Gasteiger partial charge in [-0.2, -0.15) is 5.26 Å². The molecule has 0 aromatic heterocycles. The van der Waals surface area contributed by atoms with Gasteiger partial charge >= 0.3 is 0 Å². The Morgan fingerprint density at radius 2 is 1.83 bits per heavy atom. The fourth-order valence-corrected chi connectivity index (χ4v) is 4.49. The van der Waals surface area contributed by atoms with Gasteiger partial charge in [0.1, 0.15) is 16.7 Å². The second-order valence-electron chi connectivity index (χ2n) is 7.11. The fourth-order valence-electron chi connectivity index (χ4n) is 3.19. The molecule has 29 heavy (non-hydrogen) atoms. The highest BCUT2D eigenvalue weighted by atomic mass is 32.2. The monoisotopic (exact) mass is 405 g/mol. The van der Waals surface area contributed by atoms with Crippen LogP contribution in [0.15, 0.2) is 53.1 Å². The topological polar surface area (TPSA) is 73.2 Å². The van der Waals surface area contributed by atoms with Gasteiger partial charge in [-0.3, -0.25) is 14.5 Å².